The number of thioether (sulfide) groups is 1. The number of fused-ring (bicyclic) bond motifs is 1. The van der Waals surface area contributed by atoms with Crippen molar-refractivity contribution in [3.05, 3.63) is 72.0 Å². The second-order valence-electron chi connectivity index (χ2n) is 6.06. The van der Waals surface area contributed by atoms with Crippen molar-refractivity contribution in [2.45, 2.75) is 10.8 Å². The summed E-state index contributed by atoms with van der Waals surface area (Å²) in [5.74, 6) is 1.74. The minimum Gasteiger partial charge on any atom is -0.497 e. The van der Waals surface area contributed by atoms with Crippen LogP contribution < -0.4 is 9.47 Å². The number of hydrogen-bond donors (Lipinski definition) is 0. The van der Waals surface area contributed by atoms with Crippen molar-refractivity contribution in [2.24, 2.45) is 0 Å². The Labute approximate surface area is 166 Å². The molecular formula is C21H18FN3O2S. The Morgan fingerprint density at radius 3 is 2.64 bits per heavy atom. The fourth-order valence-corrected chi connectivity index (χ4v) is 3.70. The van der Waals surface area contributed by atoms with E-state index in [1.165, 1.54) is 12.1 Å². The Hall–Kier alpha value is -3.06. The third-order valence-corrected chi connectivity index (χ3v) is 5.22. The summed E-state index contributed by atoms with van der Waals surface area (Å²) in [7, 11) is 3.22. The number of methoxy groups -OCH3 is 2. The van der Waals surface area contributed by atoms with E-state index >= 15 is 0 Å². The normalized spacial score (nSPS) is 11.0. The van der Waals surface area contributed by atoms with Crippen LogP contribution >= 0.6 is 11.8 Å². The number of benzene rings is 2. The SMILES string of the molecule is COc1cccc(CSc2ccc3nc(-c4cccc(F)c4)c(OC)n3n2)c1. The fourth-order valence-electron chi connectivity index (χ4n) is 2.90. The molecule has 0 amide bonds. The quantitative estimate of drug-likeness (QED) is 0.437. The lowest BCUT2D eigenvalue weighted by molar-refractivity contribution is 0.387. The van der Waals surface area contributed by atoms with Gasteiger partial charge in [-0.15, -0.1) is 0 Å². The van der Waals surface area contributed by atoms with Crippen molar-refractivity contribution in [2.75, 3.05) is 14.2 Å². The molecule has 0 spiro atoms. The number of nitrogens with zero attached hydrogens (tertiary/aromatic N) is 3. The van der Waals surface area contributed by atoms with Crippen molar-refractivity contribution in [1.82, 2.24) is 14.6 Å². The van der Waals surface area contributed by atoms with E-state index in [-0.39, 0.29) is 5.82 Å². The van der Waals surface area contributed by atoms with Crippen LogP contribution in [-0.4, -0.2) is 28.8 Å². The van der Waals surface area contributed by atoms with E-state index in [0.29, 0.717) is 22.8 Å². The number of imidazole rings is 1. The van der Waals surface area contributed by atoms with Gasteiger partial charge in [-0.25, -0.2) is 9.37 Å². The fraction of sp³-hybridized carbons (Fsp3) is 0.143. The molecule has 0 radical (unpaired) electrons. The average molecular weight is 395 g/mol. The second kappa shape index (κ2) is 7.90. The molecule has 0 unspecified atom stereocenters. The molecule has 0 saturated carbocycles. The molecule has 7 heteroatoms. The lowest BCUT2D eigenvalue weighted by Gasteiger charge is -2.06. The van der Waals surface area contributed by atoms with E-state index in [1.54, 1.807) is 42.6 Å². The molecule has 0 saturated heterocycles. The van der Waals surface area contributed by atoms with E-state index in [0.717, 1.165) is 22.1 Å². The minimum absolute atomic E-state index is 0.320. The third kappa shape index (κ3) is 3.66. The van der Waals surface area contributed by atoms with Crippen LogP contribution in [0, 0.1) is 5.82 Å². The lowest BCUT2D eigenvalue weighted by Crippen LogP contribution is -1.97. The summed E-state index contributed by atoms with van der Waals surface area (Å²) in [6.45, 7) is 0. The van der Waals surface area contributed by atoms with E-state index in [9.17, 15) is 4.39 Å². The van der Waals surface area contributed by atoms with Gasteiger partial charge < -0.3 is 9.47 Å². The molecule has 0 atom stereocenters. The van der Waals surface area contributed by atoms with E-state index in [2.05, 4.69) is 10.1 Å². The van der Waals surface area contributed by atoms with Gasteiger partial charge >= 0.3 is 0 Å². The molecule has 2 heterocycles. The van der Waals surface area contributed by atoms with Crippen LogP contribution in [0.2, 0.25) is 0 Å². The highest BCUT2D eigenvalue weighted by Crippen LogP contribution is 2.31. The van der Waals surface area contributed by atoms with Gasteiger partial charge in [0.1, 0.15) is 22.3 Å². The standard InChI is InChI=1S/C21H18FN3O2S/c1-26-17-8-3-5-14(11-17)13-28-19-10-9-18-23-20(21(27-2)25(18)24-19)15-6-4-7-16(22)12-15/h3-12H,13H2,1-2H3. The first-order valence-corrected chi connectivity index (χ1v) is 9.62. The van der Waals surface area contributed by atoms with Gasteiger partial charge in [-0.2, -0.15) is 9.61 Å². The first-order valence-electron chi connectivity index (χ1n) is 8.63. The minimum atomic E-state index is -0.320. The summed E-state index contributed by atoms with van der Waals surface area (Å²) in [4.78, 5) is 4.56. The molecule has 0 aliphatic rings. The Bertz CT molecular complexity index is 1130. The zero-order valence-corrected chi connectivity index (χ0v) is 16.2. The molecule has 2 aromatic carbocycles. The maximum atomic E-state index is 13.6. The Balaban J connectivity index is 1.64. The summed E-state index contributed by atoms with van der Waals surface area (Å²) in [6.07, 6.45) is 0. The third-order valence-electron chi connectivity index (χ3n) is 4.22. The van der Waals surface area contributed by atoms with Crippen LogP contribution in [0.15, 0.2) is 65.7 Å². The monoisotopic (exact) mass is 395 g/mol. The van der Waals surface area contributed by atoms with Crippen LogP contribution in [0.25, 0.3) is 16.9 Å². The van der Waals surface area contributed by atoms with Gasteiger partial charge in [-0.05, 0) is 42.0 Å². The van der Waals surface area contributed by atoms with Crippen molar-refractivity contribution < 1.29 is 13.9 Å². The topological polar surface area (TPSA) is 48.7 Å². The number of rotatable bonds is 6. The number of aromatic nitrogens is 3. The first-order chi connectivity index (χ1) is 13.7. The summed E-state index contributed by atoms with van der Waals surface area (Å²) >= 11 is 1.60. The average Bonchev–Trinajstić information content (AvgIpc) is 3.10. The molecule has 5 nitrogen and oxygen atoms in total. The van der Waals surface area contributed by atoms with E-state index in [4.69, 9.17) is 9.47 Å². The predicted molar refractivity (Wildman–Crippen MR) is 107 cm³/mol. The molecule has 0 bridgehead atoms. The molecule has 2 aromatic heterocycles. The van der Waals surface area contributed by atoms with Gasteiger partial charge in [0.15, 0.2) is 5.65 Å². The summed E-state index contributed by atoms with van der Waals surface area (Å²) < 4.78 is 26.1. The molecule has 0 fully saturated rings. The molecule has 0 aliphatic carbocycles. The van der Waals surface area contributed by atoms with Gasteiger partial charge in [-0.3, -0.25) is 0 Å². The Morgan fingerprint density at radius 1 is 1.00 bits per heavy atom. The molecule has 0 N–H and O–H groups in total. The molecule has 4 rings (SSSR count). The van der Waals surface area contributed by atoms with Crippen LogP contribution in [0.1, 0.15) is 5.56 Å². The zero-order valence-electron chi connectivity index (χ0n) is 15.4. The number of hydrogen-bond acceptors (Lipinski definition) is 5. The lowest BCUT2D eigenvalue weighted by atomic mass is 10.1. The van der Waals surface area contributed by atoms with Crippen molar-refractivity contribution >= 4 is 17.4 Å². The van der Waals surface area contributed by atoms with Gasteiger partial charge in [0.2, 0.25) is 5.88 Å². The summed E-state index contributed by atoms with van der Waals surface area (Å²) in [6, 6.07) is 18.0. The largest absolute Gasteiger partial charge is 0.497 e. The highest BCUT2D eigenvalue weighted by molar-refractivity contribution is 7.98. The van der Waals surface area contributed by atoms with E-state index in [1.807, 2.05) is 36.4 Å². The van der Waals surface area contributed by atoms with Crippen molar-refractivity contribution in [1.29, 1.82) is 0 Å². The second-order valence-corrected chi connectivity index (χ2v) is 7.06. The van der Waals surface area contributed by atoms with Crippen molar-refractivity contribution in [3.8, 4) is 22.9 Å². The van der Waals surface area contributed by atoms with E-state index < -0.39 is 0 Å². The first kappa shape index (κ1) is 18.3. The summed E-state index contributed by atoms with van der Waals surface area (Å²) in [5, 5.41) is 5.47. The molecule has 0 aliphatic heterocycles. The van der Waals surface area contributed by atoms with Gasteiger partial charge in [-0.1, -0.05) is 36.0 Å². The predicted octanol–water partition coefficient (Wildman–Crippen LogP) is 4.84. The smallest absolute Gasteiger partial charge is 0.243 e. The van der Waals surface area contributed by atoms with Crippen LogP contribution in [-0.2, 0) is 5.75 Å². The maximum Gasteiger partial charge on any atom is 0.243 e. The van der Waals surface area contributed by atoms with Gasteiger partial charge in [0, 0.05) is 11.3 Å². The highest BCUT2D eigenvalue weighted by atomic mass is 32.2. The van der Waals surface area contributed by atoms with Gasteiger partial charge in [0.05, 0.1) is 14.2 Å². The van der Waals surface area contributed by atoms with Crippen LogP contribution in [0.4, 0.5) is 4.39 Å². The Kier molecular flexibility index (Phi) is 5.16. The zero-order chi connectivity index (χ0) is 19.5. The number of halogens is 1. The molecular weight excluding hydrogens is 377 g/mol. The molecule has 142 valence electrons. The van der Waals surface area contributed by atoms with Crippen LogP contribution in [0.3, 0.4) is 0 Å². The Morgan fingerprint density at radius 2 is 1.86 bits per heavy atom. The van der Waals surface area contributed by atoms with Crippen LogP contribution in [0.5, 0.6) is 11.6 Å². The summed E-state index contributed by atoms with van der Waals surface area (Å²) in [5.41, 5.74) is 2.99. The number of ether oxygens (including phenoxy) is 2. The van der Waals surface area contributed by atoms with Gasteiger partial charge in [0.25, 0.3) is 0 Å². The highest BCUT2D eigenvalue weighted by Gasteiger charge is 2.17. The van der Waals surface area contributed by atoms with Crippen molar-refractivity contribution in [3.63, 3.8) is 0 Å². The molecule has 4 aromatic rings. The maximum absolute atomic E-state index is 13.6. The molecule has 28 heavy (non-hydrogen) atoms.